The summed E-state index contributed by atoms with van der Waals surface area (Å²) in [6, 6.07) is 4.14. The second-order valence-corrected chi connectivity index (χ2v) is 5.93. The molecule has 0 fully saturated rings. The van der Waals surface area contributed by atoms with Crippen LogP contribution in [-0.4, -0.2) is 26.4 Å². The summed E-state index contributed by atoms with van der Waals surface area (Å²) in [6.45, 7) is 1.77. The van der Waals surface area contributed by atoms with Crippen molar-refractivity contribution in [3.63, 3.8) is 0 Å². The molecular formula is C12H13NNa2O6S. The molecule has 10 heteroatoms. The molecule has 0 radical (unpaired) electrons. The Morgan fingerprint density at radius 3 is 2.05 bits per heavy atom. The van der Waals surface area contributed by atoms with Crippen LogP contribution in [0, 0.1) is 6.92 Å². The fraction of sp³-hybridized carbons (Fsp3) is 0.333. The van der Waals surface area contributed by atoms with E-state index in [4.69, 9.17) is 0 Å². The molecular weight excluding hydrogens is 332 g/mol. The van der Waals surface area contributed by atoms with Crippen molar-refractivity contribution in [2.45, 2.75) is 30.7 Å². The Kier molecular flexibility index (Phi) is 11.9. The quantitative estimate of drug-likeness (QED) is 0.489. The van der Waals surface area contributed by atoms with E-state index >= 15 is 0 Å². The molecule has 0 aliphatic heterocycles. The molecule has 1 aromatic rings. The molecule has 1 atom stereocenters. The molecule has 0 aliphatic carbocycles. The molecule has 0 saturated heterocycles. The van der Waals surface area contributed by atoms with Crippen molar-refractivity contribution >= 4 is 22.0 Å². The third-order valence-corrected chi connectivity index (χ3v) is 4.04. The predicted molar refractivity (Wildman–Crippen MR) is 64.5 cm³/mol. The average molecular weight is 345 g/mol. The van der Waals surface area contributed by atoms with Crippen molar-refractivity contribution < 1.29 is 87.3 Å². The summed E-state index contributed by atoms with van der Waals surface area (Å²) in [7, 11) is -4.05. The fourth-order valence-electron chi connectivity index (χ4n) is 1.46. The summed E-state index contributed by atoms with van der Waals surface area (Å²) < 4.78 is 25.8. The molecule has 0 bridgehead atoms. The minimum absolute atomic E-state index is 0. The zero-order chi connectivity index (χ0) is 15.3. The van der Waals surface area contributed by atoms with Crippen molar-refractivity contribution in [2.75, 3.05) is 0 Å². The summed E-state index contributed by atoms with van der Waals surface area (Å²) in [5.74, 6) is -3.16. The van der Waals surface area contributed by atoms with Gasteiger partial charge in [-0.25, -0.2) is 13.1 Å². The molecule has 1 aromatic carbocycles. The molecule has 0 amide bonds. The number of hydrogen-bond acceptors (Lipinski definition) is 6. The van der Waals surface area contributed by atoms with Crippen LogP contribution in [0.1, 0.15) is 18.4 Å². The standard InChI is InChI=1S/C12H15NO6S.2Na/c1-8-2-4-9(5-3-8)20(18,19)13-10(12(16)17)6-7-11(14)15;;/h2-5,10,13H,6-7H2,1H3,(H,14,15)(H,16,17);;/q;2*+1/p-2. The van der Waals surface area contributed by atoms with Crippen LogP contribution in [0.25, 0.3) is 0 Å². The van der Waals surface area contributed by atoms with Crippen LogP contribution in [0.15, 0.2) is 29.2 Å². The monoisotopic (exact) mass is 345 g/mol. The Labute approximate surface area is 173 Å². The molecule has 7 nitrogen and oxygen atoms in total. The van der Waals surface area contributed by atoms with E-state index in [9.17, 15) is 28.2 Å². The van der Waals surface area contributed by atoms with Gasteiger partial charge in [0.15, 0.2) is 0 Å². The van der Waals surface area contributed by atoms with Gasteiger partial charge in [0.05, 0.1) is 16.9 Å². The van der Waals surface area contributed by atoms with Gasteiger partial charge in [-0.05, 0) is 31.9 Å². The normalized spacial score (nSPS) is 11.7. The number of aryl methyl sites for hydroxylation is 1. The second kappa shape index (κ2) is 10.8. The fourth-order valence-corrected chi connectivity index (χ4v) is 2.68. The van der Waals surface area contributed by atoms with Crippen molar-refractivity contribution in [3.05, 3.63) is 29.8 Å². The summed E-state index contributed by atoms with van der Waals surface area (Å²) in [5, 5.41) is 21.1. The molecule has 0 spiro atoms. The van der Waals surface area contributed by atoms with E-state index in [1.807, 2.05) is 4.72 Å². The van der Waals surface area contributed by atoms with E-state index in [1.54, 1.807) is 19.1 Å². The van der Waals surface area contributed by atoms with E-state index in [0.29, 0.717) is 0 Å². The average Bonchev–Trinajstić information content (AvgIpc) is 2.34. The summed E-state index contributed by atoms with van der Waals surface area (Å²) in [4.78, 5) is 21.0. The van der Waals surface area contributed by atoms with Crippen molar-refractivity contribution in [1.82, 2.24) is 4.72 Å². The van der Waals surface area contributed by atoms with Crippen LogP contribution in [0.5, 0.6) is 0 Å². The number of carboxylic acids is 2. The summed E-state index contributed by atoms with van der Waals surface area (Å²) >= 11 is 0. The smallest absolute Gasteiger partial charge is 0.550 e. The zero-order valence-electron chi connectivity index (χ0n) is 12.7. The molecule has 110 valence electrons. The number of rotatable bonds is 7. The number of sulfonamides is 1. The first-order valence-corrected chi connectivity index (χ1v) is 7.20. The maximum absolute atomic E-state index is 11.9. The topological polar surface area (TPSA) is 126 Å². The summed E-state index contributed by atoms with van der Waals surface area (Å²) in [6.07, 6.45) is -1.04. The van der Waals surface area contributed by atoms with Gasteiger partial charge in [-0.15, -0.1) is 0 Å². The third kappa shape index (κ3) is 8.07. The molecule has 0 aliphatic rings. The van der Waals surface area contributed by atoms with Crippen LogP contribution in [-0.2, 0) is 19.6 Å². The first-order chi connectivity index (χ1) is 9.22. The predicted octanol–water partition coefficient (Wildman–Crippen LogP) is -8.07. The Bertz CT molecular complexity index is 603. The Balaban J connectivity index is 0. The molecule has 1 N–H and O–H groups in total. The van der Waals surface area contributed by atoms with Crippen molar-refractivity contribution in [2.24, 2.45) is 0 Å². The molecule has 22 heavy (non-hydrogen) atoms. The Morgan fingerprint density at radius 2 is 1.64 bits per heavy atom. The van der Waals surface area contributed by atoms with Gasteiger partial charge in [-0.3, -0.25) is 0 Å². The van der Waals surface area contributed by atoms with Gasteiger partial charge in [-0.2, -0.15) is 0 Å². The largest absolute Gasteiger partial charge is 1.00 e. The number of hydrogen-bond donors (Lipinski definition) is 1. The van der Waals surface area contributed by atoms with Gasteiger partial charge in [0.2, 0.25) is 10.0 Å². The minimum atomic E-state index is -4.05. The summed E-state index contributed by atoms with van der Waals surface area (Å²) in [5.41, 5.74) is 0.845. The van der Waals surface area contributed by atoms with Crippen LogP contribution < -0.4 is 74.0 Å². The van der Waals surface area contributed by atoms with Crippen molar-refractivity contribution in [1.29, 1.82) is 0 Å². The van der Waals surface area contributed by atoms with E-state index < -0.39 is 40.8 Å². The first-order valence-electron chi connectivity index (χ1n) is 5.72. The third-order valence-electron chi connectivity index (χ3n) is 2.55. The molecule has 0 saturated carbocycles. The number of carbonyl (C=O) groups is 2. The SMILES string of the molecule is Cc1ccc(S(=O)(=O)NC(CCC(=O)[O-])C(=O)[O-])cc1.[Na+].[Na+]. The zero-order valence-corrected chi connectivity index (χ0v) is 17.5. The van der Waals surface area contributed by atoms with E-state index in [-0.39, 0.29) is 64.0 Å². The maximum atomic E-state index is 11.9. The second-order valence-electron chi connectivity index (χ2n) is 4.22. The van der Waals surface area contributed by atoms with Gasteiger partial charge < -0.3 is 19.8 Å². The van der Waals surface area contributed by atoms with Crippen LogP contribution in [0.2, 0.25) is 0 Å². The minimum Gasteiger partial charge on any atom is -0.550 e. The number of nitrogens with one attached hydrogen (secondary N) is 1. The van der Waals surface area contributed by atoms with Crippen molar-refractivity contribution in [3.8, 4) is 0 Å². The van der Waals surface area contributed by atoms with Crippen LogP contribution in [0.3, 0.4) is 0 Å². The van der Waals surface area contributed by atoms with Gasteiger partial charge in [0, 0.05) is 5.97 Å². The van der Waals surface area contributed by atoms with E-state index in [2.05, 4.69) is 0 Å². The Hall–Kier alpha value is 0.0700. The number of carbonyl (C=O) groups excluding carboxylic acids is 2. The van der Waals surface area contributed by atoms with Gasteiger partial charge in [0.25, 0.3) is 0 Å². The Morgan fingerprint density at radius 1 is 1.14 bits per heavy atom. The first kappa shape index (κ1) is 24.3. The molecule has 0 aromatic heterocycles. The van der Waals surface area contributed by atoms with Gasteiger partial charge in [-0.1, -0.05) is 17.7 Å². The van der Waals surface area contributed by atoms with Gasteiger partial charge in [0.1, 0.15) is 0 Å². The maximum Gasteiger partial charge on any atom is 1.00 e. The number of aliphatic carboxylic acids is 2. The number of carboxylic acid groups (broad SMARTS) is 2. The molecule has 0 heterocycles. The molecule has 1 rings (SSSR count). The number of benzene rings is 1. The van der Waals surface area contributed by atoms with Crippen LogP contribution in [0.4, 0.5) is 0 Å². The van der Waals surface area contributed by atoms with Crippen LogP contribution >= 0.6 is 0 Å². The van der Waals surface area contributed by atoms with E-state index in [1.165, 1.54) is 12.1 Å². The molecule has 1 unspecified atom stereocenters. The van der Waals surface area contributed by atoms with E-state index in [0.717, 1.165) is 5.56 Å². The van der Waals surface area contributed by atoms with Gasteiger partial charge >= 0.3 is 59.1 Å².